The number of rotatable bonds is 8. The highest BCUT2D eigenvalue weighted by Gasteiger charge is 2.14. The fourth-order valence-corrected chi connectivity index (χ4v) is 2.39. The van der Waals surface area contributed by atoms with Crippen LogP contribution in [0.3, 0.4) is 0 Å². The zero-order valence-electron chi connectivity index (χ0n) is 15.2. The van der Waals surface area contributed by atoms with Crippen LogP contribution in [0.4, 0.5) is 8.78 Å². The van der Waals surface area contributed by atoms with E-state index in [2.05, 4.69) is 0 Å². The van der Waals surface area contributed by atoms with Crippen molar-refractivity contribution in [2.75, 3.05) is 20.8 Å². The summed E-state index contributed by atoms with van der Waals surface area (Å²) in [5.74, 6) is -1.64. The molecule has 0 N–H and O–H groups in total. The number of esters is 1. The summed E-state index contributed by atoms with van der Waals surface area (Å²) in [6.45, 7) is -0.218. The predicted octanol–water partition coefficient (Wildman–Crippen LogP) is 3.11. The molecule has 2 aromatic carbocycles. The maximum atomic E-state index is 13.7. The molecule has 0 fully saturated rings. The van der Waals surface area contributed by atoms with E-state index in [1.807, 2.05) is 0 Å². The fraction of sp³-hybridized carbons (Fsp3) is 0.300. The quantitative estimate of drug-likeness (QED) is 0.664. The molecule has 0 aromatic heterocycles. The van der Waals surface area contributed by atoms with E-state index in [1.165, 1.54) is 43.3 Å². The smallest absolute Gasteiger partial charge is 0.306 e. The lowest BCUT2D eigenvalue weighted by atomic mass is 10.1. The zero-order chi connectivity index (χ0) is 19.8. The van der Waals surface area contributed by atoms with Crippen LogP contribution in [0.1, 0.15) is 17.5 Å². The SMILES string of the molecule is COc1ccc(CN(C)C(=O)COC(=O)CCc2ccc(F)cc2)cc1F. The normalized spacial score (nSPS) is 10.4. The molecule has 0 saturated heterocycles. The lowest BCUT2D eigenvalue weighted by molar-refractivity contribution is -0.151. The largest absolute Gasteiger partial charge is 0.494 e. The third-order valence-electron chi connectivity index (χ3n) is 3.95. The summed E-state index contributed by atoms with van der Waals surface area (Å²) in [6, 6.07) is 10.3. The Kier molecular flexibility index (Phi) is 7.28. The molecule has 1 amide bonds. The summed E-state index contributed by atoms with van der Waals surface area (Å²) in [5, 5.41) is 0. The number of hydrogen-bond acceptors (Lipinski definition) is 4. The van der Waals surface area contributed by atoms with Crippen molar-refractivity contribution in [3.05, 3.63) is 65.2 Å². The van der Waals surface area contributed by atoms with E-state index in [0.29, 0.717) is 12.0 Å². The second-order valence-electron chi connectivity index (χ2n) is 6.01. The standard InChI is InChI=1S/C20H21F2NO4/c1-23(12-15-5-9-18(26-2)17(22)11-15)19(24)13-27-20(25)10-6-14-3-7-16(21)8-4-14/h3-5,7-9,11H,6,10,12-13H2,1-2H3. The van der Waals surface area contributed by atoms with Gasteiger partial charge in [-0.1, -0.05) is 18.2 Å². The molecule has 2 aromatic rings. The number of aryl methyl sites for hydroxylation is 1. The number of likely N-dealkylation sites (N-methyl/N-ethyl adjacent to an activating group) is 1. The molecule has 0 spiro atoms. The van der Waals surface area contributed by atoms with Crippen LogP contribution in [0.2, 0.25) is 0 Å². The topological polar surface area (TPSA) is 55.8 Å². The van der Waals surface area contributed by atoms with Crippen LogP contribution in [0.15, 0.2) is 42.5 Å². The van der Waals surface area contributed by atoms with E-state index < -0.39 is 24.3 Å². The van der Waals surface area contributed by atoms with Gasteiger partial charge >= 0.3 is 5.97 Å². The van der Waals surface area contributed by atoms with E-state index >= 15 is 0 Å². The highest BCUT2D eigenvalue weighted by Crippen LogP contribution is 2.18. The molecule has 0 unspecified atom stereocenters. The molecular weight excluding hydrogens is 356 g/mol. The van der Waals surface area contributed by atoms with Crippen molar-refractivity contribution in [2.24, 2.45) is 0 Å². The number of halogens is 2. The Morgan fingerprint density at radius 2 is 1.70 bits per heavy atom. The third-order valence-corrected chi connectivity index (χ3v) is 3.95. The lowest BCUT2D eigenvalue weighted by Gasteiger charge is -2.17. The number of carbonyl (C=O) groups excluding carboxylic acids is 2. The molecule has 7 heteroatoms. The average molecular weight is 377 g/mol. The Labute approximate surface area is 156 Å². The Bertz CT molecular complexity index is 793. The van der Waals surface area contributed by atoms with Crippen molar-refractivity contribution in [3.8, 4) is 5.75 Å². The molecule has 5 nitrogen and oxygen atoms in total. The van der Waals surface area contributed by atoms with Gasteiger partial charge in [-0.15, -0.1) is 0 Å². The molecule has 0 radical (unpaired) electrons. The van der Waals surface area contributed by atoms with Crippen molar-refractivity contribution >= 4 is 11.9 Å². The number of ether oxygens (including phenoxy) is 2. The molecule has 0 heterocycles. The summed E-state index contributed by atoms with van der Waals surface area (Å²) >= 11 is 0. The second kappa shape index (κ2) is 9.66. The molecule has 0 aliphatic rings. The average Bonchev–Trinajstić information content (AvgIpc) is 2.65. The number of benzene rings is 2. The minimum absolute atomic E-state index is 0.0896. The van der Waals surface area contributed by atoms with E-state index in [1.54, 1.807) is 18.2 Å². The zero-order valence-corrected chi connectivity index (χ0v) is 15.2. The monoisotopic (exact) mass is 377 g/mol. The van der Waals surface area contributed by atoms with Gasteiger partial charge in [-0.05, 0) is 41.8 Å². The van der Waals surface area contributed by atoms with Gasteiger partial charge in [0.25, 0.3) is 5.91 Å². The predicted molar refractivity (Wildman–Crippen MR) is 95.1 cm³/mol. The Balaban J connectivity index is 1.76. The van der Waals surface area contributed by atoms with Crippen molar-refractivity contribution in [1.29, 1.82) is 0 Å². The molecule has 0 aliphatic carbocycles. The summed E-state index contributed by atoms with van der Waals surface area (Å²) in [5.41, 5.74) is 1.39. The molecular formula is C20H21F2NO4. The molecule has 2 rings (SSSR count). The number of carbonyl (C=O) groups is 2. The van der Waals surface area contributed by atoms with E-state index in [0.717, 1.165) is 5.56 Å². The van der Waals surface area contributed by atoms with Gasteiger partial charge < -0.3 is 14.4 Å². The molecule has 27 heavy (non-hydrogen) atoms. The Morgan fingerprint density at radius 3 is 2.33 bits per heavy atom. The Morgan fingerprint density at radius 1 is 1.04 bits per heavy atom. The molecule has 144 valence electrons. The van der Waals surface area contributed by atoms with E-state index in [9.17, 15) is 18.4 Å². The Hall–Kier alpha value is -2.96. The van der Waals surface area contributed by atoms with E-state index in [-0.39, 0.29) is 24.5 Å². The second-order valence-corrected chi connectivity index (χ2v) is 6.01. The van der Waals surface area contributed by atoms with Crippen molar-refractivity contribution < 1.29 is 27.8 Å². The van der Waals surface area contributed by atoms with Gasteiger partial charge in [0.05, 0.1) is 7.11 Å². The van der Waals surface area contributed by atoms with Crippen LogP contribution in [-0.4, -0.2) is 37.5 Å². The van der Waals surface area contributed by atoms with Gasteiger partial charge in [-0.2, -0.15) is 0 Å². The summed E-state index contributed by atoms with van der Waals surface area (Å²) in [4.78, 5) is 25.2. The molecule has 0 bridgehead atoms. The molecule has 0 aliphatic heterocycles. The van der Waals surface area contributed by atoms with Gasteiger partial charge in [0.2, 0.25) is 0 Å². The third kappa shape index (κ3) is 6.36. The van der Waals surface area contributed by atoms with Crippen molar-refractivity contribution in [2.45, 2.75) is 19.4 Å². The molecule has 0 atom stereocenters. The van der Waals surface area contributed by atoms with Crippen LogP contribution in [0, 0.1) is 11.6 Å². The van der Waals surface area contributed by atoms with Gasteiger partial charge in [0.1, 0.15) is 5.82 Å². The maximum absolute atomic E-state index is 13.7. The van der Waals surface area contributed by atoms with Crippen molar-refractivity contribution in [1.82, 2.24) is 4.90 Å². The first-order chi connectivity index (χ1) is 12.9. The number of hydrogen-bond donors (Lipinski definition) is 0. The highest BCUT2D eigenvalue weighted by molar-refractivity contribution is 5.80. The molecule has 0 saturated carbocycles. The highest BCUT2D eigenvalue weighted by atomic mass is 19.1. The van der Waals surface area contributed by atoms with Crippen LogP contribution >= 0.6 is 0 Å². The first-order valence-corrected chi connectivity index (χ1v) is 8.35. The first-order valence-electron chi connectivity index (χ1n) is 8.35. The van der Waals surface area contributed by atoms with Gasteiger partial charge in [-0.25, -0.2) is 8.78 Å². The summed E-state index contributed by atoms with van der Waals surface area (Å²) in [7, 11) is 2.91. The minimum Gasteiger partial charge on any atom is -0.494 e. The summed E-state index contributed by atoms with van der Waals surface area (Å²) in [6.07, 6.45) is 0.487. The maximum Gasteiger partial charge on any atom is 0.306 e. The summed E-state index contributed by atoms with van der Waals surface area (Å²) < 4.78 is 36.3. The van der Waals surface area contributed by atoms with Gasteiger partial charge in [-0.3, -0.25) is 9.59 Å². The van der Waals surface area contributed by atoms with Crippen LogP contribution in [-0.2, 0) is 27.3 Å². The van der Waals surface area contributed by atoms with E-state index in [4.69, 9.17) is 9.47 Å². The number of amides is 1. The minimum atomic E-state index is -0.517. The first kappa shape index (κ1) is 20.4. The van der Waals surface area contributed by atoms with Gasteiger partial charge in [0.15, 0.2) is 18.2 Å². The van der Waals surface area contributed by atoms with Crippen LogP contribution < -0.4 is 4.74 Å². The van der Waals surface area contributed by atoms with Gasteiger partial charge in [0, 0.05) is 20.0 Å². The fourth-order valence-electron chi connectivity index (χ4n) is 2.39. The number of methoxy groups -OCH3 is 1. The van der Waals surface area contributed by atoms with Crippen LogP contribution in [0.5, 0.6) is 5.75 Å². The van der Waals surface area contributed by atoms with Crippen LogP contribution in [0.25, 0.3) is 0 Å². The lowest BCUT2D eigenvalue weighted by Crippen LogP contribution is -2.30. The van der Waals surface area contributed by atoms with Crippen molar-refractivity contribution in [3.63, 3.8) is 0 Å². The number of nitrogens with zero attached hydrogens (tertiary/aromatic N) is 1.